The van der Waals surface area contributed by atoms with Gasteiger partial charge >= 0.3 is 20.8 Å². The summed E-state index contributed by atoms with van der Waals surface area (Å²) >= 11 is 0. The fourth-order valence-corrected chi connectivity index (χ4v) is 9.40. The highest BCUT2D eigenvalue weighted by molar-refractivity contribution is 7.80. The zero-order valence-corrected chi connectivity index (χ0v) is 42.1. The summed E-state index contributed by atoms with van der Waals surface area (Å²) in [5, 5.41) is 2.43. The molecule has 24 nitrogen and oxygen atoms in total. The molecular formula is C46H68N12O12S2. The van der Waals surface area contributed by atoms with Crippen molar-refractivity contribution in [2.24, 2.45) is 0 Å². The van der Waals surface area contributed by atoms with Crippen LogP contribution in [0.2, 0.25) is 0 Å². The van der Waals surface area contributed by atoms with Crippen molar-refractivity contribution in [2.45, 2.75) is 103 Å². The Morgan fingerprint density at radius 3 is 1.19 bits per heavy atom. The van der Waals surface area contributed by atoms with Crippen LogP contribution in [0.3, 0.4) is 0 Å². The Hall–Kier alpha value is -6.14. The topological polar surface area (TPSA) is 448 Å². The van der Waals surface area contributed by atoms with E-state index >= 15 is 0 Å². The zero-order chi connectivity index (χ0) is 48.9. The van der Waals surface area contributed by atoms with Crippen LogP contribution < -0.4 is 11.5 Å². The summed E-state index contributed by atoms with van der Waals surface area (Å²) < 4.78 is 63.2. The van der Waals surface area contributed by atoms with Crippen LogP contribution in [0.25, 0.3) is 66.6 Å². The first-order valence-electron chi connectivity index (χ1n) is 22.4. The fraction of sp³-hybridized carbons (Fsp3) is 0.391. The SMILES string of the molecule is Cc1nc2nc(N)cc(-c3cc4cc(CN(C)C5CCCCC5)ccc4[nH]3)c2[nH]1.Cc1nc2nc(N)cc(-c3cc4cc(CN(C)C5CCCCC5)ccc4[nH]3)c2[nH]1.O.O.O.O.O=S(=O)(O)O.O=S(=O)(O)O. The second kappa shape index (κ2) is 25.5. The van der Waals surface area contributed by atoms with Crippen LogP contribution in [0.15, 0.2) is 60.7 Å². The lowest BCUT2D eigenvalue weighted by Gasteiger charge is -2.31. The molecule has 396 valence electrons. The zero-order valence-electron chi connectivity index (χ0n) is 40.5. The summed E-state index contributed by atoms with van der Waals surface area (Å²) in [5.74, 6) is 2.63. The fourth-order valence-electron chi connectivity index (χ4n) is 9.40. The number of rotatable bonds is 8. The maximum atomic E-state index is 8.74. The van der Waals surface area contributed by atoms with Crippen molar-refractivity contribution < 1.29 is 57.0 Å². The second-order valence-corrected chi connectivity index (χ2v) is 19.5. The van der Waals surface area contributed by atoms with Gasteiger partial charge < -0.3 is 53.3 Å². The number of imidazole rings is 2. The summed E-state index contributed by atoms with van der Waals surface area (Å²) in [7, 11) is -4.81. The average Bonchev–Trinajstić information content (AvgIpc) is 4.06. The van der Waals surface area contributed by atoms with E-state index in [1.54, 1.807) is 0 Å². The van der Waals surface area contributed by atoms with Gasteiger partial charge in [0.25, 0.3) is 0 Å². The number of aryl methyl sites for hydroxylation is 2. The third kappa shape index (κ3) is 16.4. The number of hydrogen-bond acceptors (Lipinski definition) is 12. The van der Waals surface area contributed by atoms with Crippen molar-refractivity contribution in [3.8, 4) is 22.5 Å². The number of fused-ring (bicyclic) bond motifs is 4. The number of nitrogens with one attached hydrogen (secondary N) is 4. The van der Waals surface area contributed by atoms with E-state index < -0.39 is 20.8 Å². The standard InChI is InChI=1S/2C23H28N6.2H2O4S.4H2O/c2*1-14-25-22-18(12-21(24)28-23(22)26-14)20-11-16-10-15(8-9-19(16)27-20)13-29(2)17-6-4-3-5-7-17;2*1-5(2,3)4;;;;/h2*8-12,17,27H,3-7,13H2,1-2H3,(H3,24,25,26,28);2*(H2,1,2,3,4);4*1H2. The largest absolute Gasteiger partial charge is 0.412 e. The minimum absolute atomic E-state index is 0. The first-order chi connectivity index (χ1) is 32.1. The average molecular weight is 1050 g/mol. The quantitative estimate of drug-likeness (QED) is 0.0903. The summed E-state index contributed by atoms with van der Waals surface area (Å²) in [4.78, 5) is 36.3. The highest BCUT2D eigenvalue weighted by atomic mass is 32.3. The summed E-state index contributed by atoms with van der Waals surface area (Å²) in [6.07, 6.45) is 13.6. The van der Waals surface area contributed by atoms with Gasteiger partial charge in [-0.25, -0.2) is 19.9 Å². The van der Waals surface area contributed by atoms with Crippen LogP contribution in [0.4, 0.5) is 11.6 Å². The van der Waals surface area contributed by atoms with Crippen LogP contribution in [0, 0.1) is 13.8 Å². The Bertz CT molecular complexity index is 3020. The molecular weight excluding hydrogens is 977 g/mol. The number of aromatic amines is 4. The lowest BCUT2D eigenvalue weighted by Crippen LogP contribution is -2.32. The molecule has 0 radical (unpaired) electrons. The molecule has 0 saturated heterocycles. The highest BCUT2D eigenvalue weighted by Crippen LogP contribution is 2.33. The minimum atomic E-state index is -4.67. The number of hydrogen-bond donors (Lipinski definition) is 10. The Kier molecular flexibility index (Phi) is 21.3. The number of pyridine rings is 2. The predicted octanol–water partition coefficient (Wildman–Crippen LogP) is 4.92. The highest BCUT2D eigenvalue weighted by Gasteiger charge is 2.20. The number of nitrogens with zero attached hydrogens (tertiary/aromatic N) is 6. The van der Waals surface area contributed by atoms with Crippen molar-refractivity contribution >= 4 is 76.6 Å². The second-order valence-electron chi connectivity index (χ2n) is 17.7. The van der Waals surface area contributed by atoms with Crippen LogP contribution in [0.1, 0.15) is 87.0 Å². The maximum Gasteiger partial charge on any atom is 0.394 e. The Morgan fingerprint density at radius 1 is 0.528 bits per heavy atom. The van der Waals surface area contributed by atoms with E-state index in [2.05, 4.69) is 112 Å². The van der Waals surface area contributed by atoms with E-state index in [1.165, 1.54) is 86.1 Å². The van der Waals surface area contributed by atoms with Gasteiger partial charge in [0, 0.05) is 69.5 Å². The molecule has 0 unspecified atom stereocenters. The van der Waals surface area contributed by atoms with Crippen molar-refractivity contribution in [3.63, 3.8) is 0 Å². The number of H-pyrrole nitrogens is 4. The molecule has 2 aromatic carbocycles. The molecule has 6 heterocycles. The summed E-state index contributed by atoms with van der Waals surface area (Å²) in [6.45, 7) is 5.85. The van der Waals surface area contributed by atoms with Crippen molar-refractivity contribution in [1.82, 2.24) is 49.7 Å². The molecule has 20 N–H and O–H groups in total. The number of nitrogen functional groups attached to an aromatic ring is 2. The maximum absolute atomic E-state index is 8.74. The number of aromatic nitrogens is 8. The van der Waals surface area contributed by atoms with E-state index in [1.807, 2.05) is 26.0 Å². The predicted molar refractivity (Wildman–Crippen MR) is 280 cm³/mol. The third-order valence-corrected chi connectivity index (χ3v) is 12.4. The van der Waals surface area contributed by atoms with Crippen LogP contribution in [0.5, 0.6) is 0 Å². The molecule has 6 aromatic heterocycles. The van der Waals surface area contributed by atoms with E-state index in [-0.39, 0.29) is 21.9 Å². The van der Waals surface area contributed by atoms with Crippen molar-refractivity contribution in [3.05, 3.63) is 83.4 Å². The van der Waals surface area contributed by atoms with Crippen molar-refractivity contribution in [1.29, 1.82) is 0 Å². The monoisotopic (exact) mass is 1040 g/mol. The number of benzene rings is 2. The van der Waals surface area contributed by atoms with Crippen LogP contribution in [-0.4, -0.2) is 133 Å². The van der Waals surface area contributed by atoms with Gasteiger partial charge in [0.15, 0.2) is 11.3 Å². The Labute approximate surface area is 416 Å². The molecule has 0 aliphatic heterocycles. The lowest BCUT2D eigenvalue weighted by molar-refractivity contribution is 0.184. The van der Waals surface area contributed by atoms with Gasteiger partial charge in [0.05, 0.1) is 11.0 Å². The molecule has 72 heavy (non-hydrogen) atoms. The molecule has 2 fully saturated rings. The number of anilines is 2. The third-order valence-electron chi connectivity index (χ3n) is 12.4. The van der Waals surface area contributed by atoms with Gasteiger partial charge in [-0.2, -0.15) is 16.8 Å². The molecule has 2 aliphatic carbocycles. The molecule has 26 heteroatoms. The van der Waals surface area contributed by atoms with Gasteiger partial charge in [-0.05, 0) is 113 Å². The minimum Gasteiger partial charge on any atom is -0.412 e. The molecule has 0 amide bonds. The molecule has 10 rings (SSSR count). The van der Waals surface area contributed by atoms with E-state index in [0.29, 0.717) is 22.9 Å². The lowest BCUT2D eigenvalue weighted by atomic mass is 9.94. The number of nitrogens with two attached hydrogens (primary N) is 2. The smallest absolute Gasteiger partial charge is 0.394 e. The van der Waals surface area contributed by atoms with E-state index in [9.17, 15) is 0 Å². The van der Waals surface area contributed by atoms with E-state index in [4.69, 9.17) is 46.5 Å². The van der Waals surface area contributed by atoms with Gasteiger partial charge in [-0.1, -0.05) is 50.7 Å². The first kappa shape index (κ1) is 60.2. The molecule has 2 saturated carbocycles. The normalized spacial score (nSPS) is 14.2. The summed E-state index contributed by atoms with van der Waals surface area (Å²) in [5.41, 5.74) is 24.2. The molecule has 0 atom stereocenters. The molecule has 0 spiro atoms. The van der Waals surface area contributed by atoms with E-state index in [0.717, 1.165) is 81.4 Å². The molecule has 2 aliphatic rings. The Morgan fingerprint density at radius 2 is 0.861 bits per heavy atom. The van der Waals surface area contributed by atoms with Gasteiger partial charge in [0.2, 0.25) is 0 Å². The Balaban J connectivity index is 0.000000306. The summed E-state index contributed by atoms with van der Waals surface area (Å²) in [6, 6.07) is 23.1. The van der Waals surface area contributed by atoms with Gasteiger partial charge in [-0.3, -0.25) is 28.0 Å². The van der Waals surface area contributed by atoms with Crippen LogP contribution in [-0.2, 0) is 33.9 Å². The molecule has 8 aromatic rings. The first-order valence-corrected chi connectivity index (χ1v) is 25.2. The van der Waals surface area contributed by atoms with Crippen LogP contribution >= 0.6 is 0 Å². The molecule has 0 bridgehead atoms. The van der Waals surface area contributed by atoms with Gasteiger partial charge in [-0.15, -0.1) is 0 Å². The van der Waals surface area contributed by atoms with Crippen molar-refractivity contribution in [2.75, 3.05) is 25.6 Å². The van der Waals surface area contributed by atoms with Gasteiger partial charge in [0.1, 0.15) is 23.3 Å².